The zero-order valence-electron chi connectivity index (χ0n) is 13.3. The van der Waals surface area contributed by atoms with Crippen LogP contribution >= 0.6 is 11.3 Å². The zero-order chi connectivity index (χ0) is 17.1. The molecule has 24 heavy (non-hydrogen) atoms. The van der Waals surface area contributed by atoms with Crippen LogP contribution in [0, 0.1) is 12.7 Å². The third kappa shape index (κ3) is 3.46. The van der Waals surface area contributed by atoms with Gasteiger partial charge in [0.1, 0.15) is 11.9 Å². The maximum atomic E-state index is 13.5. The number of carbonyl (C=O) groups is 2. The number of nitrogens with zero attached hydrogens (tertiary/aromatic N) is 2. The maximum absolute atomic E-state index is 13.5. The van der Waals surface area contributed by atoms with Crippen LogP contribution in [0.15, 0.2) is 29.8 Å². The first-order valence-electron chi connectivity index (χ1n) is 7.78. The Morgan fingerprint density at radius 2 is 2.33 bits per heavy atom. The predicted molar refractivity (Wildman–Crippen MR) is 89.0 cm³/mol. The lowest BCUT2D eigenvalue weighted by atomic mass is 10.0. The Morgan fingerprint density at radius 3 is 3.04 bits per heavy atom. The van der Waals surface area contributed by atoms with E-state index in [0.717, 1.165) is 10.6 Å². The lowest BCUT2D eigenvalue weighted by Crippen LogP contribution is -2.52. The van der Waals surface area contributed by atoms with Gasteiger partial charge in [-0.3, -0.25) is 9.59 Å². The van der Waals surface area contributed by atoms with Crippen molar-refractivity contribution >= 4 is 23.2 Å². The Hall–Kier alpha value is -2.28. The van der Waals surface area contributed by atoms with E-state index in [4.69, 9.17) is 0 Å². The summed E-state index contributed by atoms with van der Waals surface area (Å²) in [6.45, 7) is 2.75. The lowest BCUT2D eigenvalue weighted by Gasteiger charge is -2.35. The van der Waals surface area contributed by atoms with Crippen molar-refractivity contribution in [3.63, 3.8) is 0 Å². The highest BCUT2D eigenvalue weighted by molar-refractivity contribution is 7.09. The molecule has 3 rings (SSSR count). The van der Waals surface area contributed by atoms with Crippen molar-refractivity contribution in [1.82, 2.24) is 15.2 Å². The summed E-state index contributed by atoms with van der Waals surface area (Å²) in [6, 6.07) is 5.08. The average Bonchev–Trinajstić information content (AvgIpc) is 2.97. The molecule has 1 atom stereocenters. The molecule has 0 saturated carbocycles. The number of thiazole rings is 1. The molecule has 5 nitrogen and oxygen atoms in total. The van der Waals surface area contributed by atoms with Gasteiger partial charge in [0.15, 0.2) is 0 Å². The second-order valence-corrected chi connectivity index (χ2v) is 6.64. The number of piperazine rings is 1. The number of hydrogen-bond acceptors (Lipinski definition) is 4. The summed E-state index contributed by atoms with van der Waals surface area (Å²) in [4.78, 5) is 31.7. The van der Waals surface area contributed by atoms with Gasteiger partial charge in [-0.05, 0) is 31.0 Å². The van der Waals surface area contributed by atoms with Crippen LogP contribution in [-0.2, 0) is 16.0 Å². The van der Waals surface area contributed by atoms with Crippen LogP contribution in [0.4, 0.5) is 4.39 Å². The van der Waals surface area contributed by atoms with E-state index >= 15 is 0 Å². The third-order valence-corrected chi connectivity index (χ3v) is 5.10. The average molecular weight is 347 g/mol. The first kappa shape index (κ1) is 16.6. The van der Waals surface area contributed by atoms with Gasteiger partial charge in [-0.25, -0.2) is 9.37 Å². The summed E-state index contributed by atoms with van der Waals surface area (Å²) in [5, 5.41) is 2.75. The van der Waals surface area contributed by atoms with Gasteiger partial charge in [0, 0.05) is 24.4 Å². The van der Waals surface area contributed by atoms with Crippen molar-refractivity contribution < 1.29 is 14.0 Å². The molecule has 1 aromatic carbocycles. The van der Waals surface area contributed by atoms with Crippen molar-refractivity contribution in [3.05, 3.63) is 51.7 Å². The summed E-state index contributed by atoms with van der Waals surface area (Å²) in [5.41, 5.74) is 3.19. The van der Waals surface area contributed by atoms with Crippen LogP contribution in [0.3, 0.4) is 0 Å². The van der Waals surface area contributed by atoms with Gasteiger partial charge in [0.05, 0.1) is 11.2 Å². The molecule has 7 heteroatoms. The second kappa shape index (κ2) is 7.09. The molecular weight excluding hydrogens is 329 g/mol. The van der Waals surface area contributed by atoms with Crippen LogP contribution in [0.2, 0.25) is 0 Å². The molecule has 2 amide bonds. The molecule has 0 bridgehead atoms. The lowest BCUT2D eigenvalue weighted by molar-refractivity contribution is -0.143. The fourth-order valence-electron chi connectivity index (χ4n) is 2.87. The first-order valence-corrected chi connectivity index (χ1v) is 8.66. The molecule has 1 aliphatic heterocycles. The number of carbonyl (C=O) groups excluding carboxylic acids is 2. The van der Waals surface area contributed by atoms with Crippen LogP contribution in [0.25, 0.3) is 0 Å². The molecule has 2 aromatic rings. The fourth-order valence-corrected chi connectivity index (χ4v) is 3.65. The molecule has 0 unspecified atom stereocenters. The van der Waals surface area contributed by atoms with Gasteiger partial charge in [-0.2, -0.15) is 0 Å². The second-order valence-electron chi connectivity index (χ2n) is 5.70. The van der Waals surface area contributed by atoms with Crippen molar-refractivity contribution in [2.45, 2.75) is 25.8 Å². The number of rotatable bonds is 4. The zero-order valence-corrected chi connectivity index (χ0v) is 14.1. The Morgan fingerprint density at radius 1 is 1.50 bits per heavy atom. The monoisotopic (exact) mass is 347 g/mol. The van der Waals surface area contributed by atoms with E-state index in [2.05, 4.69) is 10.3 Å². The van der Waals surface area contributed by atoms with E-state index in [1.165, 1.54) is 23.5 Å². The number of aromatic nitrogens is 1. The normalized spacial score (nSPS) is 17.7. The first-order chi connectivity index (χ1) is 11.6. The molecule has 1 aliphatic rings. The SMILES string of the molecule is Cc1ncsc1CCC(=O)N1CCNC(=O)[C@@H]1c1cccc(F)c1. The van der Waals surface area contributed by atoms with Crippen LogP contribution in [-0.4, -0.2) is 34.8 Å². The van der Waals surface area contributed by atoms with Crippen LogP contribution in [0.5, 0.6) is 0 Å². The van der Waals surface area contributed by atoms with Crippen LogP contribution in [0.1, 0.15) is 28.6 Å². The van der Waals surface area contributed by atoms with Gasteiger partial charge in [-0.15, -0.1) is 11.3 Å². The summed E-state index contributed by atoms with van der Waals surface area (Å²) in [5.74, 6) is -0.792. The molecule has 2 heterocycles. The number of halogens is 1. The standard InChI is InChI=1S/C17H18FN3O2S/c1-11-14(24-10-20-11)5-6-15(22)21-8-7-19-17(23)16(21)12-3-2-4-13(18)9-12/h2-4,9-10,16H,5-8H2,1H3,(H,19,23)/t16-/m0/s1. The molecule has 0 spiro atoms. The van der Waals surface area contributed by atoms with E-state index in [-0.39, 0.29) is 11.8 Å². The molecule has 126 valence electrons. The van der Waals surface area contributed by atoms with Gasteiger partial charge in [0.2, 0.25) is 11.8 Å². The number of benzene rings is 1. The minimum absolute atomic E-state index is 0.105. The Balaban J connectivity index is 1.77. The molecular formula is C17H18FN3O2S. The Labute approximate surface area is 143 Å². The predicted octanol–water partition coefficient (Wildman–Crippen LogP) is 2.22. The smallest absolute Gasteiger partial charge is 0.247 e. The highest BCUT2D eigenvalue weighted by Crippen LogP contribution is 2.25. The Bertz CT molecular complexity index is 762. The van der Waals surface area contributed by atoms with E-state index in [9.17, 15) is 14.0 Å². The molecule has 1 saturated heterocycles. The quantitative estimate of drug-likeness (QED) is 0.922. The van der Waals surface area contributed by atoms with Gasteiger partial charge < -0.3 is 10.2 Å². The summed E-state index contributed by atoms with van der Waals surface area (Å²) < 4.78 is 13.5. The number of aryl methyl sites for hydroxylation is 2. The highest BCUT2D eigenvalue weighted by Gasteiger charge is 2.34. The van der Waals surface area contributed by atoms with E-state index in [1.807, 2.05) is 6.92 Å². The van der Waals surface area contributed by atoms with Crippen molar-refractivity contribution in [1.29, 1.82) is 0 Å². The van der Waals surface area contributed by atoms with Gasteiger partial charge >= 0.3 is 0 Å². The Kier molecular flexibility index (Phi) is 4.89. The third-order valence-electron chi connectivity index (χ3n) is 4.11. The fraction of sp³-hybridized carbons (Fsp3) is 0.353. The number of hydrogen-bond donors (Lipinski definition) is 1. The van der Waals surface area contributed by atoms with Crippen molar-refractivity contribution in [2.75, 3.05) is 13.1 Å². The minimum atomic E-state index is -0.774. The number of amides is 2. The molecule has 1 aromatic heterocycles. The highest BCUT2D eigenvalue weighted by atomic mass is 32.1. The minimum Gasteiger partial charge on any atom is -0.352 e. The van der Waals surface area contributed by atoms with E-state index < -0.39 is 11.9 Å². The van der Waals surface area contributed by atoms with E-state index in [0.29, 0.717) is 31.5 Å². The largest absolute Gasteiger partial charge is 0.352 e. The van der Waals surface area contributed by atoms with Crippen molar-refractivity contribution in [3.8, 4) is 0 Å². The molecule has 1 fully saturated rings. The molecule has 0 aliphatic carbocycles. The maximum Gasteiger partial charge on any atom is 0.247 e. The molecule has 0 radical (unpaired) electrons. The summed E-state index contributed by atoms with van der Waals surface area (Å²) >= 11 is 1.53. The summed E-state index contributed by atoms with van der Waals surface area (Å²) in [7, 11) is 0. The van der Waals surface area contributed by atoms with Gasteiger partial charge in [-0.1, -0.05) is 12.1 Å². The molecule has 1 N–H and O–H groups in total. The van der Waals surface area contributed by atoms with Crippen LogP contribution < -0.4 is 5.32 Å². The summed E-state index contributed by atoms with van der Waals surface area (Å²) in [6.07, 6.45) is 0.908. The van der Waals surface area contributed by atoms with E-state index in [1.54, 1.807) is 22.5 Å². The topological polar surface area (TPSA) is 62.3 Å². The van der Waals surface area contributed by atoms with Crippen molar-refractivity contribution in [2.24, 2.45) is 0 Å². The van der Waals surface area contributed by atoms with Gasteiger partial charge in [0.25, 0.3) is 0 Å². The number of nitrogens with one attached hydrogen (secondary N) is 1.